The smallest absolute Gasteiger partial charge is 0.128 e. The van der Waals surface area contributed by atoms with Crippen molar-refractivity contribution in [2.75, 3.05) is 25.0 Å². The topological polar surface area (TPSA) is 28.2 Å². The van der Waals surface area contributed by atoms with Gasteiger partial charge in [0.05, 0.1) is 0 Å². The van der Waals surface area contributed by atoms with E-state index in [1.54, 1.807) is 0 Å². The van der Waals surface area contributed by atoms with E-state index >= 15 is 0 Å². The van der Waals surface area contributed by atoms with Crippen molar-refractivity contribution >= 4 is 5.82 Å². The molecule has 110 valence electrons. The van der Waals surface area contributed by atoms with Crippen LogP contribution in [0.3, 0.4) is 0 Å². The molecule has 1 saturated carbocycles. The number of aryl methyl sites for hydroxylation is 1. The molecule has 2 fully saturated rings. The van der Waals surface area contributed by atoms with E-state index < -0.39 is 0 Å². The lowest BCUT2D eigenvalue weighted by atomic mass is 9.75. The highest BCUT2D eigenvalue weighted by molar-refractivity contribution is 5.42. The van der Waals surface area contributed by atoms with Crippen LogP contribution in [0, 0.1) is 18.8 Å². The Bertz CT molecular complexity index is 458. The van der Waals surface area contributed by atoms with Gasteiger partial charge in [-0.25, -0.2) is 4.98 Å². The van der Waals surface area contributed by atoms with E-state index in [9.17, 15) is 0 Å². The fourth-order valence-electron chi connectivity index (χ4n) is 3.94. The van der Waals surface area contributed by atoms with Crippen LogP contribution in [0.5, 0.6) is 0 Å². The molecular weight excluding hydrogens is 246 g/mol. The fourth-order valence-corrected chi connectivity index (χ4v) is 3.94. The third kappa shape index (κ3) is 2.83. The van der Waals surface area contributed by atoms with Gasteiger partial charge < -0.3 is 10.2 Å². The number of pyridine rings is 1. The Kier molecular flexibility index (Phi) is 4.25. The zero-order valence-corrected chi connectivity index (χ0v) is 12.9. The third-order valence-corrected chi connectivity index (χ3v) is 5.16. The first-order chi connectivity index (χ1) is 9.78. The highest BCUT2D eigenvalue weighted by atomic mass is 15.2. The summed E-state index contributed by atoms with van der Waals surface area (Å²) in [6, 6.07) is 4.45. The lowest BCUT2D eigenvalue weighted by Crippen LogP contribution is -2.42. The van der Waals surface area contributed by atoms with E-state index in [1.807, 2.05) is 7.05 Å². The average Bonchev–Trinajstić information content (AvgIpc) is 2.49. The van der Waals surface area contributed by atoms with Gasteiger partial charge in [0.1, 0.15) is 5.82 Å². The maximum Gasteiger partial charge on any atom is 0.128 e. The maximum atomic E-state index is 4.84. The van der Waals surface area contributed by atoms with Crippen molar-refractivity contribution in [1.29, 1.82) is 0 Å². The number of hydrogen-bond donors (Lipinski definition) is 1. The minimum Gasteiger partial charge on any atom is -0.356 e. The largest absolute Gasteiger partial charge is 0.356 e. The second-order valence-electron chi connectivity index (χ2n) is 6.48. The Hall–Kier alpha value is -1.09. The Morgan fingerprint density at radius 3 is 2.75 bits per heavy atom. The summed E-state index contributed by atoms with van der Waals surface area (Å²) < 4.78 is 0. The summed E-state index contributed by atoms with van der Waals surface area (Å²) >= 11 is 0. The van der Waals surface area contributed by atoms with Crippen LogP contribution in [0.1, 0.15) is 43.4 Å². The van der Waals surface area contributed by atoms with E-state index in [2.05, 4.69) is 29.3 Å². The van der Waals surface area contributed by atoms with Crippen molar-refractivity contribution in [3.8, 4) is 0 Å². The van der Waals surface area contributed by atoms with Crippen LogP contribution in [-0.2, 0) is 6.54 Å². The molecule has 1 saturated heterocycles. The minimum atomic E-state index is 0.907. The summed E-state index contributed by atoms with van der Waals surface area (Å²) in [7, 11) is 1.99. The molecule has 0 radical (unpaired) electrons. The summed E-state index contributed by atoms with van der Waals surface area (Å²) in [5, 5.41) is 3.21. The summed E-state index contributed by atoms with van der Waals surface area (Å²) in [6.45, 7) is 5.45. The van der Waals surface area contributed by atoms with Gasteiger partial charge in [0.2, 0.25) is 0 Å². The van der Waals surface area contributed by atoms with Crippen LogP contribution < -0.4 is 10.2 Å². The number of nitrogens with one attached hydrogen (secondary N) is 1. The summed E-state index contributed by atoms with van der Waals surface area (Å²) in [4.78, 5) is 7.36. The molecule has 3 rings (SSSR count). The number of aromatic nitrogens is 1. The maximum absolute atomic E-state index is 4.84. The van der Waals surface area contributed by atoms with Gasteiger partial charge in [-0.1, -0.05) is 25.3 Å². The average molecular weight is 273 g/mol. The number of nitrogens with zero attached hydrogens (tertiary/aromatic N) is 2. The Balaban J connectivity index is 1.71. The number of rotatable bonds is 3. The number of hydrogen-bond acceptors (Lipinski definition) is 3. The SMILES string of the molecule is CNCc1ccc(N2CCC3CCCCC3C2)nc1C. The molecule has 2 unspecified atom stereocenters. The molecule has 1 aromatic heterocycles. The molecule has 2 heterocycles. The molecule has 3 nitrogen and oxygen atoms in total. The first-order valence-corrected chi connectivity index (χ1v) is 8.14. The number of anilines is 1. The standard InChI is InChI=1S/C17H27N3/c1-13-15(11-18-2)7-8-17(19-13)20-10-9-14-5-3-4-6-16(14)12-20/h7-8,14,16,18H,3-6,9-12H2,1-2H3. The van der Waals surface area contributed by atoms with Gasteiger partial charge in [0.25, 0.3) is 0 Å². The van der Waals surface area contributed by atoms with Crippen molar-refractivity contribution < 1.29 is 0 Å². The molecule has 2 atom stereocenters. The number of fused-ring (bicyclic) bond motifs is 1. The van der Waals surface area contributed by atoms with Crippen LogP contribution in [-0.4, -0.2) is 25.1 Å². The Morgan fingerprint density at radius 1 is 1.20 bits per heavy atom. The van der Waals surface area contributed by atoms with Crippen molar-refractivity contribution in [1.82, 2.24) is 10.3 Å². The van der Waals surface area contributed by atoms with Gasteiger partial charge in [-0.05, 0) is 50.3 Å². The molecule has 0 bridgehead atoms. The van der Waals surface area contributed by atoms with Crippen molar-refractivity contribution in [2.24, 2.45) is 11.8 Å². The van der Waals surface area contributed by atoms with Crippen LogP contribution >= 0.6 is 0 Å². The third-order valence-electron chi connectivity index (χ3n) is 5.16. The van der Waals surface area contributed by atoms with Crippen molar-refractivity contribution in [3.05, 3.63) is 23.4 Å². The number of piperidine rings is 1. The molecule has 3 heteroatoms. The van der Waals surface area contributed by atoms with Gasteiger partial charge in [0, 0.05) is 25.3 Å². The van der Waals surface area contributed by atoms with Crippen LogP contribution in [0.15, 0.2) is 12.1 Å². The fraction of sp³-hybridized carbons (Fsp3) is 0.706. The van der Waals surface area contributed by atoms with Crippen LogP contribution in [0.25, 0.3) is 0 Å². The minimum absolute atomic E-state index is 0.907. The lowest BCUT2D eigenvalue weighted by molar-refractivity contribution is 0.202. The molecule has 1 aliphatic heterocycles. The zero-order valence-electron chi connectivity index (χ0n) is 12.9. The Labute approximate surface area is 122 Å². The molecule has 2 aliphatic rings. The molecule has 0 spiro atoms. The van der Waals surface area contributed by atoms with Crippen molar-refractivity contribution in [3.63, 3.8) is 0 Å². The summed E-state index contributed by atoms with van der Waals surface area (Å²) in [5.41, 5.74) is 2.48. The van der Waals surface area contributed by atoms with Gasteiger partial charge in [-0.3, -0.25) is 0 Å². The quantitative estimate of drug-likeness (QED) is 0.917. The lowest BCUT2D eigenvalue weighted by Gasteiger charge is -2.41. The molecule has 1 aliphatic carbocycles. The predicted octanol–water partition coefficient (Wildman–Crippen LogP) is 3.13. The second-order valence-corrected chi connectivity index (χ2v) is 6.48. The van der Waals surface area contributed by atoms with E-state index in [4.69, 9.17) is 4.98 Å². The first-order valence-electron chi connectivity index (χ1n) is 8.14. The van der Waals surface area contributed by atoms with E-state index in [0.717, 1.165) is 18.4 Å². The summed E-state index contributed by atoms with van der Waals surface area (Å²) in [6.07, 6.45) is 7.15. The van der Waals surface area contributed by atoms with Crippen LogP contribution in [0.2, 0.25) is 0 Å². The van der Waals surface area contributed by atoms with Gasteiger partial charge in [-0.15, -0.1) is 0 Å². The molecule has 0 amide bonds. The highest BCUT2D eigenvalue weighted by Crippen LogP contribution is 2.37. The van der Waals surface area contributed by atoms with Gasteiger partial charge >= 0.3 is 0 Å². The van der Waals surface area contributed by atoms with Crippen LogP contribution in [0.4, 0.5) is 5.82 Å². The Morgan fingerprint density at radius 2 is 2.00 bits per heavy atom. The first kappa shape index (κ1) is 13.9. The van der Waals surface area contributed by atoms with E-state index in [0.29, 0.717) is 0 Å². The molecule has 1 aromatic rings. The van der Waals surface area contributed by atoms with E-state index in [-0.39, 0.29) is 0 Å². The summed E-state index contributed by atoms with van der Waals surface area (Å²) in [5.74, 6) is 3.09. The normalized spacial score (nSPS) is 26.4. The zero-order chi connectivity index (χ0) is 13.9. The van der Waals surface area contributed by atoms with Gasteiger partial charge in [-0.2, -0.15) is 0 Å². The highest BCUT2D eigenvalue weighted by Gasteiger charge is 2.31. The molecule has 1 N–H and O–H groups in total. The van der Waals surface area contributed by atoms with Crippen molar-refractivity contribution in [2.45, 2.75) is 45.6 Å². The second kappa shape index (κ2) is 6.13. The van der Waals surface area contributed by atoms with Gasteiger partial charge in [0.15, 0.2) is 0 Å². The predicted molar refractivity (Wildman–Crippen MR) is 84.0 cm³/mol. The van der Waals surface area contributed by atoms with E-state index in [1.165, 1.54) is 62.3 Å². The molecule has 20 heavy (non-hydrogen) atoms. The molecule has 0 aromatic carbocycles. The molecular formula is C17H27N3. The monoisotopic (exact) mass is 273 g/mol.